The van der Waals surface area contributed by atoms with Crippen molar-refractivity contribution in [3.8, 4) is 12.3 Å². The van der Waals surface area contributed by atoms with Crippen molar-refractivity contribution in [1.82, 2.24) is 0 Å². The number of rotatable bonds is 5. The summed E-state index contributed by atoms with van der Waals surface area (Å²) in [6.45, 7) is 9.81. The first-order valence-electron chi connectivity index (χ1n) is 6.88. The van der Waals surface area contributed by atoms with E-state index in [1.165, 1.54) is 0 Å². The van der Waals surface area contributed by atoms with Crippen LogP contribution in [0.5, 0.6) is 0 Å². The van der Waals surface area contributed by atoms with E-state index < -0.39 is 11.5 Å². The fourth-order valence-corrected chi connectivity index (χ4v) is 3.33. The fraction of sp³-hybridized carbons (Fsp3) is 0.263. The zero-order valence-electron chi connectivity index (χ0n) is 11.9. The average molecular weight is 264 g/mol. The van der Waals surface area contributed by atoms with Crippen LogP contribution in [0.2, 0.25) is 0 Å². The molecule has 0 bridgehead atoms. The van der Waals surface area contributed by atoms with E-state index in [1.54, 1.807) is 0 Å². The second-order valence-corrected chi connectivity index (χ2v) is 5.06. The monoisotopic (exact) mass is 264 g/mol. The molecule has 1 N–H and O–H groups in total. The quantitative estimate of drug-likeness (QED) is 0.801. The smallest absolute Gasteiger partial charge is 0.0684 e. The normalized spacial score (nSPS) is 22.1. The number of aliphatic hydroxyl groups excluding tert-OH is 1. The van der Waals surface area contributed by atoms with Gasteiger partial charge in [0, 0.05) is 6.42 Å². The predicted molar refractivity (Wildman–Crippen MR) is 85.2 cm³/mol. The summed E-state index contributed by atoms with van der Waals surface area (Å²) in [6.07, 6.45) is 9.80. The summed E-state index contributed by atoms with van der Waals surface area (Å²) in [6, 6.07) is 8.08. The minimum absolute atomic E-state index is 0.456. The molecule has 1 aromatic carbocycles. The number of hydrogen-bond acceptors (Lipinski definition) is 1. The third-order valence-corrected chi connectivity index (χ3v) is 4.21. The van der Waals surface area contributed by atoms with Gasteiger partial charge in [-0.3, -0.25) is 0 Å². The zero-order chi connectivity index (χ0) is 14.8. The van der Waals surface area contributed by atoms with Gasteiger partial charge in [0.1, 0.15) is 0 Å². The molecule has 1 heteroatoms. The van der Waals surface area contributed by atoms with Crippen LogP contribution in [-0.4, -0.2) is 11.2 Å². The van der Waals surface area contributed by atoms with Crippen LogP contribution in [0.25, 0.3) is 5.57 Å². The molecule has 102 valence electrons. The van der Waals surface area contributed by atoms with Gasteiger partial charge in [-0.15, -0.1) is 12.3 Å². The van der Waals surface area contributed by atoms with Crippen LogP contribution in [0.15, 0.2) is 55.1 Å². The lowest BCUT2D eigenvalue weighted by Gasteiger charge is -2.35. The molecule has 0 saturated heterocycles. The maximum Gasteiger partial charge on any atom is 0.0684 e. The Hall–Kier alpha value is -2.04. The average Bonchev–Trinajstić information content (AvgIpc) is 2.77. The molecule has 1 aliphatic carbocycles. The lowest BCUT2D eigenvalue weighted by Crippen LogP contribution is -2.39. The van der Waals surface area contributed by atoms with Gasteiger partial charge in [0.05, 0.1) is 11.5 Å². The zero-order valence-corrected chi connectivity index (χ0v) is 11.9. The third kappa shape index (κ3) is 1.77. The van der Waals surface area contributed by atoms with Crippen molar-refractivity contribution in [3.05, 3.63) is 66.3 Å². The summed E-state index contributed by atoms with van der Waals surface area (Å²) in [4.78, 5) is 0. The van der Waals surface area contributed by atoms with Gasteiger partial charge in [0.15, 0.2) is 0 Å². The van der Waals surface area contributed by atoms with E-state index in [-0.39, 0.29) is 0 Å². The van der Waals surface area contributed by atoms with E-state index in [2.05, 4.69) is 25.1 Å². The number of hydrogen-bond donors (Lipinski definition) is 1. The van der Waals surface area contributed by atoms with E-state index in [9.17, 15) is 5.11 Å². The van der Waals surface area contributed by atoms with Gasteiger partial charge >= 0.3 is 0 Å². The Morgan fingerprint density at radius 2 is 2.05 bits per heavy atom. The second-order valence-electron chi connectivity index (χ2n) is 5.06. The minimum atomic E-state index is -0.564. The molecular formula is C19H20O. The maximum atomic E-state index is 10.7. The van der Waals surface area contributed by atoms with Gasteiger partial charge in [-0.05, 0) is 28.7 Å². The van der Waals surface area contributed by atoms with E-state index in [0.29, 0.717) is 12.8 Å². The molecule has 2 unspecified atom stereocenters. The maximum absolute atomic E-state index is 10.7. The van der Waals surface area contributed by atoms with E-state index in [1.807, 2.05) is 37.3 Å². The van der Waals surface area contributed by atoms with Crippen LogP contribution in [-0.2, 0) is 5.41 Å². The third-order valence-electron chi connectivity index (χ3n) is 4.21. The Morgan fingerprint density at radius 1 is 1.35 bits per heavy atom. The lowest BCUT2D eigenvalue weighted by atomic mass is 9.69. The minimum Gasteiger partial charge on any atom is -0.392 e. The summed E-state index contributed by atoms with van der Waals surface area (Å²) < 4.78 is 0. The van der Waals surface area contributed by atoms with Gasteiger partial charge in [-0.2, -0.15) is 0 Å². The Kier molecular flexibility index (Phi) is 3.97. The molecule has 0 amide bonds. The van der Waals surface area contributed by atoms with E-state index in [4.69, 9.17) is 6.42 Å². The van der Waals surface area contributed by atoms with Gasteiger partial charge in [0.25, 0.3) is 0 Å². The highest BCUT2D eigenvalue weighted by molar-refractivity contribution is 5.88. The molecule has 0 heterocycles. The number of allylic oxidation sites excluding steroid dienone is 3. The first-order valence-corrected chi connectivity index (χ1v) is 6.88. The summed E-state index contributed by atoms with van der Waals surface area (Å²) in [5.74, 6) is 2.74. The van der Waals surface area contributed by atoms with Crippen LogP contribution in [0.1, 0.15) is 30.9 Å². The Morgan fingerprint density at radius 3 is 2.60 bits per heavy atom. The summed E-state index contributed by atoms with van der Waals surface area (Å²) in [5.41, 5.74) is 3.63. The van der Waals surface area contributed by atoms with Crippen LogP contribution >= 0.6 is 0 Å². The lowest BCUT2D eigenvalue weighted by molar-refractivity contribution is 0.101. The predicted octanol–water partition coefficient (Wildman–Crippen LogP) is 3.86. The van der Waals surface area contributed by atoms with Crippen LogP contribution in [0.4, 0.5) is 0 Å². The molecule has 2 atom stereocenters. The SMILES string of the molecule is C#CCC1(C(O)CC)C(C=C)=C(C=C)c2ccccc21. The van der Waals surface area contributed by atoms with Crippen LogP contribution in [0, 0.1) is 12.3 Å². The van der Waals surface area contributed by atoms with Crippen molar-refractivity contribution < 1.29 is 5.11 Å². The standard InChI is InChI=1S/C19H20O/c1-5-13-19(18(20)8-4)16(7-3)14(6-2)15-11-9-10-12-17(15)19/h1,6-7,9-12,18,20H,2-3,8,13H2,4H3. The van der Waals surface area contributed by atoms with Crippen molar-refractivity contribution in [1.29, 1.82) is 0 Å². The first kappa shape index (κ1) is 14.4. The number of benzene rings is 1. The van der Waals surface area contributed by atoms with Crippen molar-refractivity contribution in [2.75, 3.05) is 0 Å². The van der Waals surface area contributed by atoms with Gasteiger partial charge in [-0.25, -0.2) is 0 Å². The number of fused-ring (bicyclic) bond motifs is 1. The second kappa shape index (κ2) is 5.53. The molecule has 0 aromatic heterocycles. The largest absolute Gasteiger partial charge is 0.392 e. The molecule has 1 aromatic rings. The van der Waals surface area contributed by atoms with Crippen LogP contribution in [0.3, 0.4) is 0 Å². The van der Waals surface area contributed by atoms with Crippen molar-refractivity contribution >= 4 is 5.57 Å². The molecule has 0 radical (unpaired) electrons. The Labute approximate surface area is 121 Å². The van der Waals surface area contributed by atoms with Gasteiger partial charge in [0.2, 0.25) is 0 Å². The molecular weight excluding hydrogens is 244 g/mol. The van der Waals surface area contributed by atoms with E-state index in [0.717, 1.165) is 22.3 Å². The molecule has 2 rings (SSSR count). The summed E-state index contributed by atoms with van der Waals surface area (Å²) in [7, 11) is 0. The molecule has 0 aliphatic heterocycles. The van der Waals surface area contributed by atoms with E-state index >= 15 is 0 Å². The highest BCUT2D eigenvalue weighted by Gasteiger charge is 2.47. The Bertz CT molecular complexity index is 615. The summed E-state index contributed by atoms with van der Waals surface area (Å²) in [5, 5.41) is 10.7. The molecule has 20 heavy (non-hydrogen) atoms. The fourth-order valence-electron chi connectivity index (χ4n) is 3.33. The van der Waals surface area contributed by atoms with Crippen LogP contribution < -0.4 is 0 Å². The molecule has 1 nitrogen and oxygen atoms in total. The van der Waals surface area contributed by atoms with Gasteiger partial charge in [-0.1, -0.05) is 56.5 Å². The van der Waals surface area contributed by atoms with Gasteiger partial charge < -0.3 is 5.11 Å². The number of aliphatic hydroxyl groups is 1. The molecule has 0 spiro atoms. The topological polar surface area (TPSA) is 20.2 Å². The summed E-state index contributed by atoms with van der Waals surface area (Å²) >= 11 is 0. The first-order chi connectivity index (χ1) is 9.67. The number of terminal acetylenes is 1. The molecule has 0 fully saturated rings. The Balaban J connectivity index is 2.84. The van der Waals surface area contributed by atoms with Crippen molar-refractivity contribution in [3.63, 3.8) is 0 Å². The highest BCUT2D eigenvalue weighted by atomic mass is 16.3. The molecule has 1 aliphatic rings. The van der Waals surface area contributed by atoms with Crippen molar-refractivity contribution in [2.45, 2.75) is 31.3 Å². The highest BCUT2D eigenvalue weighted by Crippen LogP contribution is 2.51. The molecule has 0 saturated carbocycles. The van der Waals surface area contributed by atoms with Crippen molar-refractivity contribution in [2.24, 2.45) is 0 Å².